The zero-order valence-corrected chi connectivity index (χ0v) is 31.9. The minimum Gasteiger partial charge on any atom is -0.391 e. The van der Waals surface area contributed by atoms with Crippen LogP contribution in [0.15, 0.2) is 29.8 Å². The Hall–Kier alpha value is -2.40. The second-order valence-electron chi connectivity index (χ2n) is 13.3. The first kappa shape index (κ1) is 43.8. The van der Waals surface area contributed by atoms with Gasteiger partial charge in [-0.2, -0.15) is 0 Å². The molecule has 0 spiro atoms. The molecule has 2 aliphatic rings. The Morgan fingerprint density at radius 3 is 2.28 bits per heavy atom. The van der Waals surface area contributed by atoms with E-state index in [1.165, 1.54) is 4.90 Å². The van der Waals surface area contributed by atoms with Crippen LogP contribution >= 0.6 is 36.2 Å². The molecule has 0 unspecified atom stereocenters. The van der Waals surface area contributed by atoms with Crippen molar-refractivity contribution in [1.82, 2.24) is 30.7 Å². The van der Waals surface area contributed by atoms with Crippen LogP contribution in [0.5, 0.6) is 0 Å². The van der Waals surface area contributed by atoms with E-state index in [2.05, 4.69) is 25.8 Å². The van der Waals surface area contributed by atoms with Crippen molar-refractivity contribution in [2.75, 3.05) is 78.9 Å². The van der Waals surface area contributed by atoms with Gasteiger partial charge >= 0.3 is 0 Å². The first-order valence-electron chi connectivity index (χ1n) is 16.7. The molecule has 0 aliphatic carbocycles. The summed E-state index contributed by atoms with van der Waals surface area (Å²) in [7, 11) is 0. The highest BCUT2D eigenvalue weighted by molar-refractivity contribution is 7.13. The number of thiazole rings is 1. The van der Waals surface area contributed by atoms with Gasteiger partial charge in [-0.05, 0) is 23.5 Å². The number of ether oxygens (including phenoxy) is 3. The number of aliphatic hydroxyl groups is 1. The number of aliphatic hydroxyl groups excluding tert-OH is 1. The molecular weight excluding hydrogens is 707 g/mol. The van der Waals surface area contributed by atoms with E-state index in [9.17, 15) is 19.5 Å². The van der Waals surface area contributed by atoms with E-state index in [0.717, 1.165) is 54.4 Å². The van der Waals surface area contributed by atoms with Gasteiger partial charge in [-0.25, -0.2) is 4.98 Å². The number of benzene rings is 1. The summed E-state index contributed by atoms with van der Waals surface area (Å²) in [5.74, 6) is -1.22. The van der Waals surface area contributed by atoms with Crippen LogP contribution in [0.3, 0.4) is 0 Å². The summed E-state index contributed by atoms with van der Waals surface area (Å²) in [5, 5.41) is 19.5. The monoisotopic (exact) mass is 760 g/mol. The maximum absolute atomic E-state index is 13.8. The topological polar surface area (TPSA) is 155 Å². The normalized spacial score (nSPS) is 18.5. The predicted octanol–water partition coefficient (Wildman–Crippen LogP) is 2.03. The van der Waals surface area contributed by atoms with Crippen LogP contribution in [-0.2, 0) is 35.1 Å². The summed E-state index contributed by atoms with van der Waals surface area (Å²) in [5.41, 5.74) is 4.10. The fourth-order valence-corrected chi connectivity index (χ4v) is 6.53. The van der Waals surface area contributed by atoms with E-state index < -0.39 is 35.4 Å². The maximum atomic E-state index is 13.8. The lowest BCUT2D eigenvalue weighted by Gasteiger charge is -2.35. The molecule has 3 heterocycles. The smallest absolute Gasteiger partial charge is 0.246 e. The van der Waals surface area contributed by atoms with Gasteiger partial charge in [0.25, 0.3) is 0 Å². The van der Waals surface area contributed by atoms with Crippen LogP contribution in [0.4, 0.5) is 0 Å². The van der Waals surface area contributed by atoms with E-state index >= 15 is 0 Å². The van der Waals surface area contributed by atoms with Crippen molar-refractivity contribution in [1.29, 1.82) is 0 Å². The summed E-state index contributed by atoms with van der Waals surface area (Å²) in [6.45, 7) is 14.7. The summed E-state index contributed by atoms with van der Waals surface area (Å²) in [4.78, 5) is 49.0. The predicted molar refractivity (Wildman–Crippen MR) is 198 cm³/mol. The Balaban J connectivity index is 0.00000433. The molecule has 2 aromatic rings. The molecule has 0 saturated carbocycles. The van der Waals surface area contributed by atoms with Crippen LogP contribution in [0.25, 0.3) is 10.4 Å². The van der Waals surface area contributed by atoms with Crippen LogP contribution in [-0.4, -0.2) is 135 Å². The fourth-order valence-electron chi connectivity index (χ4n) is 5.72. The van der Waals surface area contributed by atoms with E-state index in [4.69, 9.17) is 14.2 Å². The van der Waals surface area contributed by atoms with Crippen molar-refractivity contribution in [2.24, 2.45) is 5.41 Å². The molecule has 2 fully saturated rings. The van der Waals surface area contributed by atoms with E-state index in [0.29, 0.717) is 26.4 Å². The van der Waals surface area contributed by atoms with Gasteiger partial charge < -0.3 is 40.2 Å². The van der Waals surface area contributed by atoms with Crippen molar-refractivity contribution in [3.05, 3.63) is 41.0 Å². The van der Waals surface area contributed by atoms with Gasteiger partial charge in [0, 0.05) is 52.2 Å². The number of nitrogens with one attached hydrogen (secondary N) is 3. The molecular formula is C34H54Cl2N6O7S. The summed E-state index contributed by atoms with van der Waals surface area (Å²) in [6.07, 6.45) is -0.722. The zero-order chi connectivity index (χ0) is 34.5. The van der Waals surface area contributed by atoms with Crippen molar-refractivity contribution in [2.45, 2.75) is 58.8 Å². The molecule has 4 N–H and O–H groups in total. The number of hydrogen-bond acceptors (Lipinski definition) is 11. The van der Waals surface area contributed by atoms with E-state index in [1.807, 2.05) is 57.5 Å². The lowest BCUT2D eigenvalue weighted by Crippen LogP contribution is -2.58. The van der Waals surface area contributed by atoms with Crippen LogP contribution in [0.1, 0.15) is 38.4 Å². The molecule has 3 atom stereocenters. The van der Waals surface area contributed by atoms with Crippen molar-refractivity contribution in [3.8, 4) is 10.4 Å². The van der Waals surface area contributed by atoms with Gasteiger partial charge in [0.15, 0.2) is 0 Å². The third-order valence-corrected chi connectivity index (χ3v) is 9.43. The number of likely N-dealkylation sites (tertiary alicyclic amines) is 1. The van der Waals surface area contributed by atoms with Gasteiger partial charge in [-0.15, -0.1) is 36.2 Å². The molecule has 2 saturated heterocycles. The van der Waals surface area contributed by atoms with Crippen molar-refractivity contribution >= 4 is 53.9 Å². The van der Waals surface area contributed by atoms with Crippen molar-refractivity contribution in [3.63, 3.8) is 0 Å². The third-order valence-electron chi connectivity index (χ3n) is 8.45. The minimum atomic E-state index is -0.924. The Labute approximate surface area is 312 Å². The Kier molecular flexibility index (Phi) is 19.1. The van der Waals surface area contributed by atoms with E-state index in [1.54, 1.807) is 11.3 Å². The number of β-amino-alcohol motifs (C(OH)–C–C–N with tert-alkyl or cyclic N) is 1. The second kappa shape index (κ2) is 21.8. The maximum Gasteiger partial charge on any atom is 0.246 e. The third kappa shape index (κ3) is 13.6. The lowest BCUT2D eigenvalue weighted by atomic mass is 9.85. The van der Waals surface area contributed by atoms with Gasteiger partial charge in [-0.1, -0.05) is 45.0 Å². The molecule has 50 heavy (non-hydrogen) atoms. The number of piperazine rings is 1. The summed E-state index contributed by atoms with van der Waals surface area (Å²) >= 11 is 1.58. The van der Waals surface area contributed by atoms with Crippen LogP contribution in [0.2, 0.25) is 0 Å². The summed E-state index contributed by atoms with van der Waals surface area (Å²) < 4.78 is 16.7. The first-order valence-corrected chi connectivity index (χ1v) is 17.6. The molecule has 4 rings (SSSR count). The average Bonchev–Trinajstić information content (AvgIpc) is 3.68. The SMILES string of the molecule is Cc1ncsc1-c1ccc(CNC(=O)[C@@H]2C[C@@H](O)CN2C(=O)[C@@H](NC(=O)COCCOCCOCCN2CCNCC2)C(C)(C)C)cc1.Cl.Cl. The van der Waals surface area contributed by atoms with E-state index in [-0.39, 0.29) is 63.4 Å². The second-order valence-corrected chi connectivity index (χ2v) is 14.2. The quantitative estimate of drug-likeness (QED) is 0.176. The zero-order valence-electron chi connectivity index (χ0n) is 29.5. The minimum absolute atomic E-state index is 0. The number of hydrogen-bond donors (Lipinski definition) is 4. The molecule has 1 aromatic heterocycles. The number of rotatable bonds is 17. The van der Waals surface area contributed by atoms with Gasteiger partial charge in [-0.3, -0.25) is 19.3 Å². The number of carbonyl (C=O) groups excluding carboxylic acids is 3. The standard InChI is InChI=1S/C34H52N6O7S.2ClH/c1-24-30(48-23-37-24)26-7-5-25(6-8-26)20-36-32(43)28-19-27(41)21-40(28)33(44)31(34(2,3)4)38-29(42)22-47-18-17-46-16-15-45-14-13-39-11-9-35-10-12-39;;/h5-8,23,27-28,31,35,41H,9-22H2,1-4H3,(H,36,43)(H,38,42);2*1H/t27-,28+,31-;;/m1../s1. The molecule has 1 aromatic carbocycles. The first-order chi connectivity index (χ1) is 23.0. The highest BCUT2D eigenvalue weighted by Crippen LogP contribution is 2.28. The highest BCUT2D eigenvalue weighted by atomic mass is 35.5. The van der Waals surface area contributed by atoms with Crippen LogP contribution < -0.4 is 16.0 Å². The number of halogens is 2. The highest BCUT2D eigenvalue weighted by Gasteiger charge is 2.44. The van der Waals surface area contributed by atoms with Gasteiger partial charge in [0.2, 0.25) is 17.7 Å². The van der Waals surface area contributed by atoms with Crippen LogP contribution in [0, 0.1) is 12.3 Å². The number of aromatic nitrogens is 1. The molecule has 2 aliphatic heterocycles. The van der Waals surface area contributed by atoms with Gasteiger partial charge in [0.1, 0.15) is 18.7 Å². The molecule has 16 heteroatoms. The average molecular weight is 762 g/mol. The van der Waals surface area contributed by atoms with Gasteiger partial charge in [0.05, 0.1) is 55.2 Å². The van der Waals surface area contributed by atoms with Crippen molar-refractivity contribution < 1.29 is 33.7 Å². The number of aryl methyl sites for hydroxylation is 1. The fraction of sp³-hybridized carbons (Fsp3) is 0.647. The Morgan fingerprint density at radius 1 is 1.02 bits per heavy atom. The number of amides is 3. The number of nitrogens with zero attached hydrogens (tertiary/aromatic N) is 3. The molecule has 0 radical (unpaired) electrons. The Morgan fingerprint density at radius 2 is 1.66 bits per heavy atom. The largest absolute Gasteiger partial charge is 0.391 e. The Bertz CT molecular complexity index is 1320. The molecule has 282 valence electrons. The number of carbonyl (C=O) groups is 3. The lowest BCUT2D eigenvalue weighted by molar-refractivity contribution is -0.144. The molecule has 0 bridgehead atoms. The summed E-state index contributed by atoms with van der Waals surface area (Å²) in [6, 6.07) is 6.11. The molecule has 3 amide bonds. The molecule has 13 nitrogen and oxygen atoms in total.